The van der Waals surface area contributed by atoms with E-state index in [4.69, 9.17) is 5.26 Å². The molecule has 9 nitrogen and oxygen atoms in total. The molecule has 0 radical (unpaired) electrons. The second kappa shape index (κ2) is 10.2. The van der Waals surface area contributed by atoms with Crippen molar-refractivity contribution >= 4 is 11.8 Å². The van der Waals surface area contributed by atoms with Crippen molar-refractivity contribution in [2.75, 3.05) is 6.54 Å². The molecule has 4 rings (SSSR count). The maximum Gasteiger partial charge on any atom is 0.248 e. The number of aromatic nitrogens is 3. The number of hydrogen-bond acceptors (Lipinski definition) is 6. The third kappa shape index (κ3) is 5.70. The van der Waals surface area contributed by atoms with Gasteiger partial charge in [-0.3, -0.25) is 9.59 Å². The summed E-state index contributed by atoms with van der Waals surface area (Å²) in [5.41, 5.74) is 1.31. The molecule has 2 aromatic rings. The van der Waals surface area contributed by atoms with Crippen molar-refractivity contribution in [1.29, 1.82) is 5.26 Å². The fourth-order valence-electron chi connectivity index (χ4n) is 4.81. The number of nitriles is 1. The fourth-order valence-corrected chi connectivity index (χ4v) is 4.81. The number of nitrogens with zero attached hydrogens (tertiary/aromatic N) is 5. The summed E-state index contributed by atoms with van der Waals surface area (Å²) in [5, 5.41) is 31.1. The van der Waals surface area contributed by atoms with Gasteiger partial charge in [0.2, 0.25) is 11.8 Å². The van der Waals surface area contributed by atoms with Gasteiger partial charge in [-0.2, -0.15) is 5.26 Å². The van der Waals surface area contributed by atoms with Crippen LogP contribution in [0.2, 0.25) is 0 Å². The van der Waals surface area contributed by atoms with E-state index >= 15 is 0 Å². The monoisotopic (exact) mass is 478 g/mol. The first-order valence-electron chi connectivity index (χ1n) is 12.3. The van der Waals surface area contributed by atoms with Crippen LogP contribution < -0.4 is 5.32 Å². The second-order valence-electron chi connectivity index (χ2n) is 10.7. The maximum absolute atomic E-state index is 13.9. The normalized spacial score (nSPS) is 21.9. The largest absolute Gasteiger partial charge is 0.391 e. The van der Waals surface area contributed by atoms with Crippen LogP contribution in [0.1, 0.15) is 82.1 Å². The zero-order chi connectivity index (χ0) is 25.2. The standard InChI is InChI=1S/C26H34N6O3/c1-26(2,3)23(32-16-21(29-30-32)18-11-12-18)25(35)31-15-19(33)14-22(31)24(34)28-20(10-7-13-27)17-8-5-4-6-9-17/h4-6,8-9,16,18-20,22-23,33H,7,10-12,14-15H2,1-3H3,(H,28,34)/t19-,20?,22+,23-/m1/s1. The molecule has 1 saturated carbocycles. The lowest BCUT2D eigenvalue weighted by Gasteiger charge is -2.35. The molecule has 0 spiro atoms. The topological polar surface area (TPSA) is 124 Å². The van der Waals surface area contributed by atoms with Gasteiger partial charge in [0.1, 0.15) is 12.1 Å². The molecular weight excluding hydrogens is 444 g/mol. The Morgan fingerprint density at radius 1 is 1.26 bits per heavy atom. The predicted molar refractivity (Wildman–Crippen MR) is 129 cm³/mol. The molecule has 2 fully saturated rings. The van der Waals surface area contributed by atoms with Gasteiger partial charge in [-0.25, -0.2) is 4.68 Å². The average molecular weight is 479 g/mol. The van der Waals surface area contributed by atoms with Crippen molar-refractivity contribution in [3.05, 3.63) is 47.8 Å². The summed E-state index contributed by atoms with van der Waals surface area (Å²) in [7, 11) is 0. The van der Waals surface area contributed by atoms with Gasteiger partial charge in [0.15, 0.2) is 0 Å². The van der Waals surface area contributed by atoms with Crippen LogP contribution in [0.15, 0.2) is 36.5 Å². The number of likely N-dealkylation sites (tertiary alicyclic amines) is 1. The summed E-state index contributed by atoms with van der Waals surface area (Å²) in [6.07, 6.45) is 4.14. The molecule has 1 unspecified atom stereocenters. The number of benzene rings is 1. The van der Waals surface area contributed by atoms with Crippen molar-refractivity contribution in [1.82, 2.24) is 25.2 Å². The summed E-state index contributed by atoms with van der Waals surface area (Å²) >= 11 is 0. The van der Waals surface area contributed by atoms with E-state index in [0.29, 0.717) is 12.3 Å². The molecule has 1 saturated heterocycles. The second-order valence-corrected chi connectivity index (χ2v) is 10.7. The highest BCUT2D eigenvalue weighted by Crippen LogP contribution is 2.40. The molecule has 1 aromatic heterocycles. The number of β-amino-alcohol motifs (C(OH)–C–C–N with tert-alkyl or cyclic N) is 1. The molecule has 2 amide bonds. The summed E-state index contributed by atoms with van der Waals surface area (Å²) in [6.45, 7) is 5.97. The Hall–Kier alpha value is -3.25. The maximum atomic E-state index is 13.9. The number of rotatable bonds is 8. The number of carbonyl (C=O) groups is 2. The van der Waals surface area contributed by atoms with Crippen molar-refractivity contribution < 1.29 is 14.7 Å². The van der Waals surface area contributed by atoms with Crippen LogP contribution in [0.3, 0.4) is 0 Å². The molecule has 1 aliphatic heterocycles. The van der Waals surface area contributed by atoms with E-state index < -0.39 is 23.6 Å². The lowest BCUT2D eigenvalue weighted by atomic mass is 9.85. The molecule has 2 heterocycles. The Balaban J connectivity index is 1.56. The Kier molecular flexibility index (Phi) is 7.22. The van der Waals surface area contributed by atoms with Crippen LogP contribution >= 0.6 is 0 Å². The van der Waals surface area contributed by atoms with E-state index in [1.54, 1.807) is 4.68 Å². The number of carbonyl (C=O) groups excluding carboxylic acids is 2. The molecular formula is C26H34N6O3. The summed E-state index contributed by atoms with van der Waals surface area (Å²) in [6, 6.07) is 9.81. The zero-order valence-electron chi connectivity index (χ0n) is 20.6. The van der Waals surface area contributed by atoms with Gasteiger partial charge in [-0.15, -0.1) is 5.10 Å². The Bertz CT molecular complexity index is 1080. The van der Waals surface area contributed by atoms with Gasteiger partial charge in [0, 0.05) is 31.5 Å². The lowest BCUT2D eigenvalue weighted by Crippen LogP contribution is -2.50. The first kappa shape index (κ1) is 24.9. The summed E-state index contributed by atoms with van der Waals surface area (Å²) in [4.78, 5) is 28.8. The van der Waals surface area contributed by atoms with Crippen molar-refractivity contribution in [3.63, 3.8) is 0 Å². The predicted octanol–water partition coefficient (Wildman–Crippen LogP) is 2.87. The number of hydrogen-bond donors (Lipinski definition) is 2. The number of nitrogens with one attached hydrogen (secondary N) is 1. The molecule has 0 bridgehead atoms. The van der Waals surface area contributed by atoms with Crippen LogP contribution in [0, 0.1) is 16.7 Å². The van der Waals surface area contributed by atoms with Crippen LogP contribution in [0.5, 0.6) is 0 Å². The number of aliphatic hydroxyl groups is 1. The molecule has 2 N–H and O–H groups in total. The van der Waals surface area contributed by atoms with Gasteiger partial charge in [-0.1, -0.05) is 56.3 Å². The van der Waals surface area contributed by atoms with Crippen molar-refractivity contribution in [2.45, 2.75) is 83.0 Å². The van der Waals surface area contributed by atoms with E-state index in [-0.39, 0.29) is 37.2 Å². The van der Waals surface area contributed by atoms with Crippen LogP contribution in [0.4, 0.5) is 0 Å². The SMILES string of the molecule is CC(C)(C)[C@@H](C(=O)N1C[C@H](O)C[C@H]1C(=O)NC(CCC#N)c1ccccc1)n1cc(C2CC2)nn1. The summed E-state index contributed by atoms with van der Waals surface area (Å²) in [5.74, 6) is -0.170. The Labute approximate surface area is 206 Å². The van der Waals surface area contributed by atoms with Gasteiger partial charge in [0.05, 0.1) is 23.9 Å². The highest BCUT2D eigenvalue weighted by molar-refractivity contribution is 5.90. The van der Waals surface area contributed by atoms with Gasteiger partial charge >= 0.3 is 0 Å². The van der Waals surface area contributed by atoms with Crippen LogP contribution in [-0.2, 0) is 9.59 Å². The third-order valence-corrected chi connectivity index (χ3v) is 6.77. The number of aliphatic hydroxyl groups excluding tert-OH is 1. The summed E-state index contributed by atoms with van der Waals surface area (Å²) < 4.78 is 1.62. The molecule has 1 aliphatic carbocycles. The third-order valence-electron chi connectivity index (χ3n) is 6.77. The van der Waals surface area contributed by atoms with E-state index in [0.717, 1.165) is 24.1 Å². The van der Waals surface area contributed by atoms with Crippen LogP contribution in [0.25, 0.3) is 0 Å². The molecule has 35 heavy (non-hydrogen) atoms. The van der Waals surface area contributed by atoms with Gasteiger partial charge in [0.25, 0.3) is 0 Å². The highest BCUT2D eigenvalue weighted by Gasteiger charge is 2.45. The Morgan fingerprint density at radius 3 is 2.60 bits per heavy atom. The molecule has 2 aliphatic rings. The Morgan fingerprint density at radius 2 is 1.97 bits per heavy atom. The minimum Gasteiger partial charge on any atom is -0.391 e. The first-order valence-corrected chi connectivity index (χ1v) is 12.3. The van der Waals surface area contributed by atoms with E-state index in [1.807, 2.05) is 57.3 Å². The molecule has 186 valence electrons. The zero-order valence-corrected chi connectivity index (χ0v) is 20.6. The lowest BCUT2D eigenvalue weighted by molar-refractivity contribution is -0.144. The van der Waals surface area contributed by atoms with Gasteiger partial charge in [-0.05, 0) is 30.2 Å². The highest BCUT2D eigenvalue weighted by atomic mass is 16.3. The number of amides is 2. The smallest absolute Gasteiger partial charge is 0.248 e. The fraction of sp³-hybridized carbons (Fsp3) is 0.577. The van der Waals surface area contributed by atoms with Gasteiger partial charge < -0.3 is 15.3 Å². The average Bonchev–Trinajstić information content (AvgIpc) is 3.43. The van der Waals surface area contributed by atoms with E-state index in [9.17, 15) is 14.7 Å². The quantitative estimate of drug-likeness (QED) is 0.601. The molecule has 4 atom stereocenters. The minimum atomic E-state index is -0.804. The molecule has 1 aromatic carbocycles. The van der Waals surface area contributed by atoms with Crippen molar-refractivity contribution in [3.8, 4) is 6.07 Å². The van der Waals surface area contributed by atoms with Crippen molar-refractivity contribution in [2.24, 2.45) is 5.41 Å². The van der Waals surface area contributed by atoms with E-state index in [1.165, 1.54) is 4.90 Å². The minimum absolute atomic E-state index is 0.0852. The van der Waals surface area contributed by atoms with Crippen LogP contribution in [-0.4, -0.2) is 55.5 Å². The van der Waals surface area contributed by atoms with E-state index in [2.05, 4.69) is 21.7 Å². The molecule has 9 heteroatoms. The first-order chi connectivity index (χ1) is 16.7.